The van der Waals surface area contributed by atoms with Gasteiger partial charge in [0.15, 0.2) is 5.13 Å². The van der Waals surface area contributed by atoms with Gasteiger partial charge >= 0.3 is 0 Å². The highest BCUT2D eigenvalue weighted by molar-refractivity contribution is 7.13. The quantitative estimate of drug-likeness (QED) is 0.797. The van der Waals surface area contributed by atoms with Crippen molar-refractivity contribution in [3.63, 3.8) is 0 Å². The van der Waals surface area contributed by atoms with Crippen LogP contribution in [0, 0.1) is 6.92 Å². The maximum atomic E-state index is 11.9. The second-order valence-corrected chi connectivity index (χ2v) is 6.33. The molecule has 3 aromatic rings. The maximum absolute atomic E-state index is 11.9. The number of aryl methyl sites for hydroxylation is 1. The minimum Gasteiger partial charge on any atom is -0.302 e. The van der Waals surface area contributed by atoms with Crippen LogP contribution in [0.5, 0.6) is 0 Å². The van der Waals surface area contributed by atoms with Crippen LogP contribution in [0.3, 0.4) is 0 Å². The molecule has 3 rings (SSSR count). The van der Waals surface area contributed by atoms with Crippen molar-refractivity contribution in [2.45, 2.75) is 13.3 Å². The first-order valence-electron chi connectivity index (χ1n) is 6.41. The highest BCUT2D eigenvalue weighted by Crippen LogP contribution is 2.24. The van der Waals surface area contributed by atoms with E-state index in [4.69, 9.17) is 0 Å². The van der Waals surface area contributed by atoms with Crippen LogP contribution in [-0.4, -0.2) is 15.9 Å². The third-order valence-corrected chi connectivity index (χ3v) is 4.47. The number of benzene rings is 1. The standard InChI is InChI=1S/C15H13N3OS2/c1-10-3-2-4-11(7-10)14-17-12(9-21-14)8-13(19)18-15-16-5-6-20-15/h2-7,9H,8H2,1H3,(H,16,18,19). The van der Waals surface area contributed by atoms with E-state index in [0.717, 1.165) is 16.3 Å². The van der Waals surface area contributed by atoms with Gasteiger partial charge in [0.1, 0.15) is 5.01 Å². The Hall–Kier alpha value is -2.05. The van der Waals surface area contributed by atoms with Gasteiger partial charge in [0.2, 0.25) is 5.91 Å². The first-order chi connectivity index (χ1) is 10.2. The number of nitrogens with zero attached hydrogens (tertiary/aromatic N) is 2. The predicted molar refractivity (Wildman–Crippen MR) is 86.7 cm³/mol. The molecule has 2 heterocycles. The zero-order chi connectivity index (χ0) is 14.7. The average Bonchev–Trinajstić information content (AvgIpc) is 3.10. The SMILES string of the molecule is Cc1cccc(-c2nc(CC(=O)Nc3nccs3)cs2)c1. The van der Waals surface area contributed by atoms with Gasteiger partial charge in [-0.25, -0.2) is 9.97 Å². The van der Waals surface area contributed by atoms with Gasteiger partial charge in [-0.05, 0) is 13.0 Å². The lowest BCUT2D eigenvalue weighted by atomic mass is 10.1. The van der Waals surface area contributed by atoms with E-state index in [1.54, 1.807) is 17.5 Å². The van der Waals surface area contributed by atoms with Gasteiger partial charge in [0.25, 0.3) is 0 Å². The number of rotatable bonds is 4. The molecule has 1 amide bonds. The van der Waals surface area contributed by atoms with E-state index in [-0.39, 0.29) is 12.3 Å². The number of aromatic nitrogens is 2. The molecule has 6 heteroatoms. The predicted octanol–water partition coefficient (Wildman–Crippen LogP) is 3.76. The van der Waals surface area contributed by atoms with Gasteiger partial charge in [0, 0.05) is 22.5 Å². The Morgan fingerprint density at radius 2 is 2.24 bits per heavy atom. The molecule has 21 heavy (non-hydrogen) atoms. The molecule has 0 saturated carbocycles. The van der Waals surface area contributed by atoms with Crippen molar-refractivity contribution >= 4 is 33.7 Å². The Morgan fingerprint density at radius 3 is 3.00 bits per heavy atom. The summed E-state index contributed by atoms with van der Waals surface area (Å²) < 4.78 is 0. The molecule has 0 aliphatic rings. The minimum absolute atomic E-state index is 0.0916. The fourth-order valence-corrected chi connectivity index (χ4v) is 3.27. The molecule has 0 spiro atoms. The summed E-state index contributed by atoms with van der Waals surface area (Å²) in [5, 5.41) is 8.08. The molecule has 0 saturated heterocycles. The highest BCUT2D eigenvalue weighted by Gasteiger charge is 2.10. The molecule has 1 N–H and O–H groups in total. The first-order valence-corrected chi connectivity index (χ1v) is 8.17. The highest BCUT2D eigenvalue weighted by atomic mass is 32.1. The van der Waals surface area contributed by atoms with E-state index in [0.29, 0.717) is 5.13 Å². The van der Waals surface area contributed by atoms with Gasteiger partial charge in [-0.3, -0.25) is 4.79 Å². The van der Waals surface area contributed by atoms with Crippen LogP contribution >= 0.6 is 22.7 Å². The van der Waals surface area contributed by atoms with E-state index >= 15 is 0 Å². The van der Waals surface area contributed by atoms with E-state index in [9.17, 15) is 4.79 Å². The number of thiazole rings is 2. The van der Waals surface area contributed by atoms with Gasteiger partial charge < -0.3 is 5.32 Å². The van der Waals surface area contributed by atoms with Crippen LogP contribution in [0.1, 0.15) is 11.3 Å². The second-order valence-electron chi connectivity index (χ2n) is 4.58. The van der Waals surface area contributed by atoms with Crippen LogP contribution in [0.25, 0.3) is 10.6 Å². The second kappa shape index (κ2) is 6.15. The Labute approximate surface area is 130 Å². The van der Waals surface area contributed by atoms with E-state index in [2.05, 4.69) is 34.3 Å². The van der Waals surface area contributed by atoms with E-state index < -0.39 is 0 Å². The lowest BCUT2D eigenvalue weighted by Gasteiger charge is -1.99. The summed E-state index contributed by atoms with van der Waals surface area (Å²) in [6, 6.07) is 8.20. The van der Waals surface area contributed by atoms with Crippen LogP contribution in [0.2, 0.25) is 0 Å². The van der Waals surface area contributed by atoms with Gasteiger partial charge in [-0.1, -0.05) is 23.8 Å². The number of anilines is 1. The molecule has 1 aromatic carbocycles. The minimum atomic E-state index is -0.0916. The molecular weight excluding hydrogens is 302 g/mol. The Kier molecular flexibility index (Phi) is 4.08. The molecule has 0 atom stereocenters. The average molecular weight is 315 g/mol. The lowest BCUT2D eigenvalue weighted by Crippen LogP contribution is -2.14. The molecule has 4 nitrogen and oxygen atoms in total. The van der Waals surface area contributed by atoms with Crippen molar-refractivity contribution < 1.29 is 4.79 Å². The van der Waals surface area contributed by atoms with Crippen molar-refractivity contribution in [1.82, 2.24) is 9.97 Å². The lowest BCUT2D eigenvalue weighted by molar-refractivity contribution is -0.115. The number of carbonyl (C=O) groups excluding carboxylic acids is 1. The van der Waals surface area contributed by atoms with Gasteiger partial charge in [-0.15, -0.1) is 22.7 Å². The molecule has 0 fully saturated rings. The third kappa shape index (κ3) is 3.53. The van der Waals surface area contributed by atoms with Gasteiger partial charge in [-0.2, -0.15) is 0 Å². The molecule has 2 aromatic heterocycles. The molecule has 0 aliphatic carbocycles. The zero-order valence-corrected chi connectivity index (χ0v) is 13.0. The number of hydrogen-bond donors (Lipinski definition) is 1. The number of amides is 1. The summed E-state index contributed by atoms with van der Waals surface area (Å²) in [5.74, 6) is -0.0916. The number of hydrogen-bond acceptors (Lipinski definition) is 5. The van der Waals surface area contributed by atoms with Crippen LogP contribution in [0.15, 0.2) is 41.2 Å². The van der Waals surface area contributed by atoms with Gasteiger partial charge in [0.05, 0.1) is 12.1 Å². The third-order valence-electron chi connectivity index (χ3n) is 2.84. The fourth-order valence-electron chi connectivity index (χ4n) is 1.91. The normalized spacial score (nSPS) is 10.5. The maximum Gasteiger partial charge on any atom is 0.232 e. The Morgan fingerprint density at radius 1 is 1.33 bits per heavy atom. The van der Waals surface area contributed by atoms with Crippen molar-refractivity contribution in [3.8, 4) is 10.6 Å². The molecule has 0 unspecified atom stereocenters. The van der Waals surface area contributed by atoms with Crippen LogP contribution < -0.4 is 5.32 Å². The molecule has 0 aliphatic heterocycles. The summed E-state index contributed by atoms with van der Waals surface area (Å²) in [4.78, 5) is 20.5. The molecule has 106 valence electrons. The summed E-state index contributed by atoms with van der Waals surface area (Å²) in [5.41, 5.74) is 3.07. The molecule has 0 bridgehead atoms. The topological polar surface area (TPSA) is 54.9 Å². The largest absolute Gasteiger partial charge is 0.302 e. The zero-order valence-electron chi connectivity index (χ0n) is 11.4. The Balaban J connectivity index is 1.69. The van der Waals surface area contributed by atoms with Crippen LogP contribution in [-0.2, 0) is 11.2 Å². The van der Waals surface area contributed by atoms with Crippen molar-refractivity contribution in [2.24, 2.45) is 0 Å². The van der Waals surface area contributed by atoms with E-state index in [1.165, 1.54) is 16.9 Å². The molecule has 0 radical (unpaired) electrons. The monoisotopic (exact) mass is 315 g/mol. The number of carbonyl (C=O) groups is 1. The fraction of sp³-hybridized carbons (Fsp3) is 0.133. The van der Waals surface area contributed by atoms with Crippen molar-refractivity contribution in [3.05, 3.63) is 52.5 Å². The van der Waals surface area contributed by atoms with E-state index in [1.807, 2.05) is 22.9 Å². The summed E-state index contributed by atoms with van der Waals surface area (Å²) >= 11 is 2.96. The molecular formula is C15H13N3OS2. The smallest absolute Gasteiger partial charge is 0.232 e. The number of nitrogens with one attached hydrogen (secondary N) is 1. The first kappa shape index (κ1) is 13.9. The Bertz CT molecular complexity index is 750. The summed E-state index contributed by atoms with van der Waals surface area (Å²) in [7, 11) is 0. The van der Waals surface area contributed by atoms with Crippen molar-refractivity contribution in [2.75, 3.05) is 5.32 Å². The van der Waals surface area contributed by atoms with Crippen molar-refractivity contribution in [1.29, 1.82) is 0 Å². The summed E-state index contributed by atoms with van der Waals surface area (Å²) in [6.45, 7) is 2.06. The van der Waals surface area contributed by atoms with Crippen LogP contribution in [0.4, 0.5) is 5.13 Å². The summed E-state index contributed by atoms with van der Waals surface area (Å²) in [6.07, 6.45) is 1.93.